The maximum absolute atomic E-state index is 13.0. The molecule has 0 bridgehead atoms. The molecule has 0 aliphatic carbocycles. The molecule has 116 valence electrons. The second-order valence-corrected chi connectivity index (χ2v) is 5.04. The topological polar surface area (TPSA) is 49.6 Å². The van der Waals surface area contributed by atoms with E-state index in [2.05, 4.69) is 0 Å². The van der Waals surface area contributed by atoms with Crippen molar-refractivity contribution in [2.45, 2.75) is 19.6 Å². The first kappa shape index (κ1) is 15.6. The Labute approximate surface area is 121 Å². The number of piperazine rings is 1. The SMILES string of the molecule is CC(=O)N1CCN(c2ccc(CN)c(C(F)(F)F)c2)CC1. The van der Waals surface area contributed by atoms with Crippen LogP contribution in [0.3, 0.4) is 0 Å². The number of nitrogens with two attached hydrogens (primary N) is 1. The summed E-state index contributed by atoms with van der Waals surface area (Å²) >= 11 is 0. The molecular formula is C14H18F3N3O. The van der Waals surface area contributed by atoms with Gasteiger partial charge in [-0.05, 0) is 17.7 Å². The van der Waals surface area contributed by atoms with E-state index in [0.717, 1.165) is 6.07 Å². The second-order valence-electron chi connectivity index (χ2n) is 5.04. The molecule has 1 heterocycles. The third kappa shape index (κ3) is 3.47. The Kier molecular flexibility index (Phi) is 4.41. The maximum atomic E-state index is 13.0. The molecular weight excluding hydrogens is 283 g/mol. The minimum Gasteiger partial charge on any atom is -0.368 e. The first-order valence-electron chi connectivity index (χ1n) is 6.73. The molecule has 0 atom stereocenters. The molecule has 0 radical (unpaired) electrons. The predicted octanol–water partition coefficient (Wildman–Crippen LogP) is 1.83. The van der Waals surface area contributed by atoms with Gasteiger partial charge in [-0.3, -0.25) is 4.79 Å². The standard InChI is InChI=1S/C14H18F3N3O/c1-10(21)19-4-6-20(7-5-19)12-3-2-11(9-18)13(8-12)14(15,16)17/h2-3,8H,4-7,9,18H2,1H3. The molecule has 7 heteroatoms. The Morgan fingerprint density at radius 3 is 2.33 bits per heavy atom. The molecule has 1 aromatic carbocycles. The second kappa shape index (κ2) is 5.93. The van der Waals surface area contributed by atoms with E-state index in [9.17, 15) is 18.0 Å². The Morgan fingerprint density at radius 2 is 1.86 bits per heavy atom. The van der Waals surface area contributed by atoms with Crippen LogP contribution in [0.15, 0.2) is 18.2 Å². The number of anilines is 1. The summed E-state index contributed by atoms with van der Waals surface area (Å²) in [6, 6.07) is 4.22. The first-order chi connectivity index (χ1) is 9.82. The number of benzene rings is 1. The van der Waals surface area contributed by atoms with E-state index in [0.29, 0.717) is 31.9 Å². The Bertz CT molecular complexity index is 523. The molecule has 1 fully saturated rings. The van der Waals surface area contributed by atoms with Gasteiger partial charge in [0.15, 0.2) is 0 Å². The van der Waals surface area contributed by atoms with Gasteiger partial charge in [0, 0.05) is 45.3 Å². The van der Waals surface area contributed by atoms with E-state index in [1.54, 1.807) is 11.0 Å². The molecule has 1 aliphatic heterocycles. The van der Waals surface area contributed by atoms with E-state index in [1.807, 2.05) is 4.90 Å². The third-order valence-corrected chi connectivity index (χ3v) is 3.71. The van der Waals surface area contributed by atoms with Crippen molar-refractivity contribution < 1.29 is 18.0 Å². The summed E-state index contributed by atoms with van der Waals surface area (Å²) in [6.45, 7) is 3.45. The quantitative estimate of drug-likeness (QED) is 0.906. The van der Waals surface area contributed by atoms with E-state index in [4.69, 9.17) is 5.73 Å². The molecule has 0 aromatic heterocycles. The van der Waals surface area contributed by atoms with Gasteiger partial charge in [-0.25, -0.2) is 0 Å². The minimum absolute atomic E-state index is 0.0101. The van der Waals surface area contributed by atoms with E-state index in [-0.39, 0.29) is 18.0 Å². The van der Waals surface area contributed by atoms with Gasteiger partial charge in [-0.1, -0.05) is 6.07 Å². The third-order valence-electron chi connectivity index (χ3n) is 3.71. The highest BCUT2D eigenvalue weighted by atomic mass is 19.4. The van der Waals surface area contributed by atoms with Crippen LogP contribution in [0, 0.1) is 0 Å². The minimum atomic E-state index is -4.41. The zero-order valence-electron chi connectivity index (χ0n) is 11.8. The number of alkyl halides is 3. The van der Waals surface area contributed by atoms with Crippen LogP contribution in [-0.4, -0.2) is 37.0 Å². The van der Waals surface area contributed by atoms with Crippen LogP contribution >= 0.6 is 0 Å². The molecule has 4 nitrogen and oxygen atoms in total. The van der Waals surface area contributed by atoms with Gasteiger partial charge < -0.3 is 15.5 Å². The fourth-order valence-electron chi connectivity index (χ4n) is 2.48. The van der Waals surface area contributed by atoms with Crippen LogP contribution in [0.25, 0.3) is 0 Å². The van der Waals surface area contributed by atoms with Gasteiger partial charge in [0.1, 0.15) is 0 Å². The Hall–Kier alpha value is -1.76. The number of hydrogen-bond acceptors (Lipinski definition) is 3. The Balaban J connectivity index is 2.20. The van der Waals surface area contributed by atoms with Gasteiger partial charge >= 0.3 is 6.18 Å². The van der Waals surface area contributed by atoms with Crippen LogP contribution in [0.4, 0.5) is 18.9 Å². The lowest BCUT2D eigenvalue weighted by Crippen LogP contribution is -2.48. The van der Waals surface area contributed by atoms with Gasteiger partial charge in [-0.2, -0.15) is 13.2 Å². The van der Waals surface area contributed by atoms with Crippen molar-refractivity contribution in [2.75, 3.05) is 31.1 Å². The number of hydrogen-bond donors (Lipinski definition) is 1. The smallest absolute Gasteiger partial charge is 0.368 e. The highest BCUT2D eigenvalue weighted by molar-refractivity contribution is 5.73. The summed E-state index contributed by atoms with van der Waals surface area (Å²) in [5, 5.41) is 0. The lowest BCUT2D eigenvalue weighted by Gasteiger charge is -2.36. The summed E-state index contributed by atoms with van der Waals surface area (Å²) in [5.74, 6) is -0.0101. The highest BCUT2D eigenvalue weighted by Crippen LogP contribution is 2.34. The summed E-state index contributed by atoms with van der Waals surface area (Å²) in [6.07, 6.45) is -4.41. The fourth-order valence-corrected chi connectivity index (χ4v) is 2.48. The largest absolute Gasteiger partial charge is 0.416 e. The van der Waals surface area contributed by atoms with Crippen molar-refractivity contribution in [2.24, 2.45) is 5.73 Å². The molecule has 1 saturated heterocycles. The van der Waals surface area contributed by atoms with Crippen molar-refractivity contribution in [3.63, 3.8) is 0 Å². The summed E-state index contributed by atoms with van der Waals surface area (Å²) in [7, 11) is 0. The van der Waals surface area contributed by atoms with Crippen molar-refractivity contribution in [1.82, 2.24) is 4.90 Å². The molecule has 0 spiro atoms. The van der Waals surface area contributed by atoms with Gasteiger partial charge in [0.2, 0.25) is 5.91 Å². The molecule has 1 aliphatic rings. The number of nitrogens with zero attached hydrogens (tertiary/aromatic N) is 2. The van der Waals surface area contributed by atoms with E-state index >= 15 is 0 Å². The normalized spacial score (nSPS) is 16.2. The average Bonchev–Trinajstić information content (AvgIpc) is 2.45. The van der Waals surface area contributed by atoms with Crippen LogP contribution in [0.5, 0.6) is 0 Å². The van der Waals surface area contributed by atoms with Crippen molar-refractivity contribution in [3.8, 4) is 0 Å². The van der Waals surface area contributed by atoms with Crippen molar-refractivity contribution >= 4 is 11.6 Å². The number of rotatable bonds is 2. The van der Waals surface area contributed by atoms with Crippen molar-refractivity contribution in [1.29, 1.82) is 0 Å². The average molecular weight is 301 g/mol. The van der Waals surface area contributed by atoms with Crippen LogP contribution in [0.2, 0.25) is 0 Å². The number of carbonyl (C=O) groups is 1. The summed E-state index contributed by atoms with van der Waals surface area (Å²) < 4.78 is 39.1. The Morgan fingerprint density at radius 1 is 1.24 bits per heavy atom. The van der Waals surface area contributed by atoms with Gasteiger partial charge in [0.25, 0.3) is 0 Å². The molecule has 21 heavy (non-hydrogen) atoms. The summed E-state index contributed by atoms with van der Waals surface area (Å²) in [5.41, 5.74) is 5.29. The zero-order chi connectivity index (χ0) is 15.6. The molecule has 0 saturated carbocycles. The predicted molar refractivity (Wildman–Crippen MR) is 73.8 cm³/mol. The summed E-state index contributed by atoms with van der Waals surface area (Å²) in [4.78, 5) is 14.8. The lowest BCUT2D eigenvalue weighted by atomic mass is 10.1. The first-order valence-corrected chi connectivity index (χ1v) is 6.73. The number of amides is 1. The van der Waals surface area contributed by atoms with Gasteiger partial charge in [-0.15, -0.1) is 0 Å². The monoisotopic (exact) mass is 301 g/mol. The molecule has 1 amide bonds. The van der Waals surface area contributed by atoms with E-state index in [1.165, 1.54) is 13.0 Å². The van der Waals surface area contributed by atoms with Crippen LogP contribution in [0.1, 0.15) is 18.1 Å². The highest BCUT2D eigenvalue weighted by Gasteiger charge is 2.33. The molecule has 1 aromatic rings. The van der Waals surface area contributed by atoms with Gasteiger partial charge in [0.05, 0.1) is 5.56 Å². The zero-order valence-corrected chi connectivity index (χ0v) is 11.8. The molecule has 2 rings (SSSR count). The van der Waals surface area contributed by atoms with Crippen LogP contribution in [-0.2, 0) is 17.5 Å². The van der Waals surface area contributed by atoms with E-state index < -0.39 is 11.7 Å². The fraction of sp³-hybridized carbons (Fsp3) is 0.500. The molecule has 2 N–H and O–H groups in total. The lowest BCUT2D eigenvalue weighted by molar-refractivity contribution is -0.138. The van der Waals surface area contributed by atoms with Crippen molar-refractivity contribution in [3.05, 3.63) is 29.3 Å². The number of carbonyl (C=O) groups excluding carboxylic acids is 1. The number of halogens is 3. The maximum Gasteiger partial charge on any atom is 0.416 e. The van der Waals surface area contributed by atoms with Crippen LogP contribution < -0.4 is 10.6 Å². The molecule has 0 unspecified atom stereocenters.